The van der Waals surface area contributed by atoms with Gasteiger partial charge in [-0.1, -0.05) is 25.0 Å². The molecule has 2 rings (SSSR count). The molecular weight excluding hydrogens is 207 g/mol. The van der Waals surface area contributed by atoms with E-state index < -0.39 is 5.97 Å². The van der Waals surface area contributed by atoms with Crippen LogP contribution in [0.5, 0.6) is 0 Å². The molecule has 0 bridgehead atoms. The van der Waals surface area contributed by atoms with Gasteiger partial charge in [0, 0.05) is 0 Å². The molecular formula is C13H15FO2. The molecule has 0 amide bonds. The van der Waals surface area contributed by atoms with Crippen LogP contribution >= 0.6 is 0 Å². The fourth-order valence-corrected chi connectivity index (χ4v) is 2.54. The number of rotatable bonds is 2. The molecule has 2 atom stereocenters. The van der Waals surface area contributed by atoms with Crippen LogP contribution in [0.15, 0.2) is 24.3 Å². The molecule has 0 aliphatic heterocycles. The fraction of sp³-hybridized carbons (Fsp3) is 0.462. The molecule has 3 heteroatoms. The Morgan fingerprint density at radius 1 is 1.19 bits per heavy atom. The van der Waals surface area contributed by atoms with Crippen molar-refractivity contribution in [1.29, 1.82) is 0 Å². The Hall–Kier alpha value is -1.38. The number of carbonyl (C=O) groups is 1. The normalized spacial score (nSPS) is 25.3. The van der Waals surface area contributed by atoms with Crippen molar-refractivity contribution >= 4 is 5.97 Å². The third kappa shape index (κ3) is 2.23. The molecule has 1 aliphatic carbocycles. The van der Waals surface area contributed by atoms with Crippen molar-refractivity contribution in [3.8, 4) is 0 Å². The molecule has 86 valence electrons. The Morgan fingerprint density at radius 2 is 1.81 bits per heavy atom. The zero-order chi connectivity index (χ0) is 11.5. The highest BCUT2D eigenvalue weighted by atomic mass is 19.1. The summed E-state index contributed by atoms with van der Waals surface area (Å²) in [7, 11) is 0. The summed E-state index contributed by atoms with van der Waals surface area (Å²) in [5.41, 5.74) is 0.952. The van der Waals surface area contributed by atoms with E-state index in [-0.39, 0.29) is 17.7 Å². The van der Waals surface area contributed by atoms with Crippen LogP contribution in [0.25, 0.3) is 0 Å². The minimum Gasteiger partial charge on any atom is -0.481 e. The lowest BCUT2D eigenvalue weighted by Gasteiger charge is -2.28. The van der Waals surface area contributed by atoms with Gasteiger partial charge in [0.25, 0.3) is 0 Å². The number of carboxylic acid groups (broad SMARTS) is 1. The average molecular weight is 222 g/mol. The van der Waals surface area contributed by atoms with Crippen LogP contribution in [-0.2, 0) is 4.79 Å². The summed E-state index contributed by atoms with van der Waals surface area (Å²) in [6, 6.07) is 6.23. The second-order valence-electron chi connectivity index (χ2n) is 4.39. The lowest BCUT2D eigenvalue weighted by Crippen LogP contribution is -2.25. The van der Waals surface area contributed by atoms with Crippen molar-refractivity contribution < 1.29 is 14.3 Å². The van der Waals surface area contributed by atoms with E-state index in [1.54, 1.807) is 12.1 Å². The Balaban J connectivity index is 2.23. The van der Waals surface area contributed by atoms with Gasteiger partial charge in [-0.2, -0.15) is 0 Å². The average Bonchev–Trinajstić information content (AvgIpc) is 2.30. The van der Waals surface area contributed by atoms with Gasteiger partial charge in [-0.05, 0) is 36.5 Å². The molecule has 0 saturated heterocycles. The van der Waals surface area contributed by atoms with Crippen LogP contribution < -0.4 is 0 Å². The first-order chi connectivity index (χ1) is 7.68. The highest BCUT2D eigenvalue weighted by Crippen LogP contribution is 2.37. The van der Waals surface area contributed by atoms with E-state index in [1.807, 2.05) is 0 Å². The van der Waals surface area contributed by atoms with E-state index in [1.165, 1.54) is 12.1 Å². The smallest absolute Gasteiger partial charge is 0.307 e. The van der Waals surface area contributed by atoms with E-state index in [9.17, 15) is 9.18 Å². The lowest BCUT2D eigenvalue weighted by atomic mass is 9.75. The predicted molar refractivity (Wildman–Crippen MR) is 58.7 cm³/mol. The summed E-state index contributed by atoms with van der Waals surface area (Å²) < 4.78 is 12.8. The summed E-state index contributed by atoms with van der Waals surface area (Å²) in [6.45, 7) is 0. The quantitative estimate of drug-likeness (QED) is 0.834. The Bertz CT molecular complexity index is 372. The van der Waals surface area contributed by atoms with Crippen LogP contribution in [-0.4, -0.2) is 11.1 Å². The summed E-state index contributed by atoms with van der Waals surface area (Å²) in [5.74, 6) is -1.26. The third-order valence-corrected chi connectivity index (χ3v) is 3.38. The summed E-state index contributed by atoms with van der Waals surface area (Å²) in [5, 5.41) is 9.15. The Kier molecular flexibility index (Phi) is 3.22. The van der Waals surface area contributed by atoms with Gasteiger partial charge in [-0.25, -0.2) is 4.39 Å². The van der Waals surface area contributed by atoms with Gasteiger partial charge in [0.15, 0.2) is 0 Å². The van der Waals surface area contributed by atoms with Gasteiger partial charge in [0.1, 0.15) is 5.82 Å². The Morgan fingerprint density at radius 3 is 2.44 bits per heavy atom. The maximum Gasteiger partial charge on any atom is 0.307 e. The molecule has 16 heavy (non-hydrogen) atoms. The van der Waals surface area contributed by atoms with Crippen LogP contribution in [0.1, 0.15) is 37.2 Å². The lowest BCUT2D eigenvalue weighted by molar-refractivity contribution is -0.143. The van der Waals surface area contributed by atoms with E-state index in [4.69, 9.17) is 5.11 Å². The zero-order valence-electron chi connectivity index (χ0n) is 9.03. The van der Waals surface area contributed by atoms with Crippen LogP contribution in [0.4, 0.5) is 4.39 Å². The van der Waals surface area contributed by atoms with Gasteiger partial charge in [0.2, 0.25) is 0 Å². The number of benzene rings is 1. The predicted octanol–water partition coefficient (Wildman–Crippen LogP) is 3.18. The topological polar surface area (TPSA) is 37.3 Å². The number of carboxylic acids is 1. The van der Waals surface area contributed by atoms with Gasteiger partial charge in [0.05, 0.1) is 5.92 Å². The zero-order valence-corrected chi connectivity index (χ0v) is 9.03. The van der Waals surface area contributed by atoms with Gasteiger partial charge < -0.3 is 5.11 Å². The maximum atomic E-state index is 12.8. The Labute approximate surface area is 94.1 Å². The van der Waals surface area contributed by atoms with Crippen molar-refractivity contribution in [3.05, 3.63) is 35.6 Å². The highest BCUT2D eigenvalue weighted by molar-refractivity contribution is 5.71. The number of hydrogen-bond donors (Lipinski definition) is 1. The molecule has 0 spiro atoms. The van der Waals surface area contributed by atoms with Crippen LogP contribution in [0.2, 0.25) is 0 Å². The minimum atomic E-state index is -0.728. The number of hydrogen-bond acceptors (Lipinski definition) is 1. The van der Waals surface area contributed by atoms with Crippen molar-refractivity contribution in [3.63, 3.8) is 0 Å². The van der Waals surface area contributed by atoms with Gasteiger partial charge in [-0.3, -0.25) is 4.79 Å². The largest absolute Gasteiger partial charge is 0.481 e. The molecule has 1 N–H and O–H groups in total. The monoisotopic (exact) mass is 222 g/mol. The number of halogens is 1. The SMILES string of the molecule is O=C(O)[C@@H]1CCCC[C@@H]1c1ccc(F)cc1. The molecule has 1 aromatic carbocycles. The summed E-state index contributed by atoms with van der Waals surface area (Å²) in [4.78, 5) is 11.1. The van der Waals surface area contributed by atoms with Gasteiger partial charge >= 0.3 is 5.97 Å². The molecule has 2 nitrogen and oxygen atoms in total. The van der Waals surface area contributed by atoms with E-state index in [2.05, 4.69) is 0 Å². The standard InChI is InChI=1S/C13H15FO2/c14-10-7-5-9(6-8-10)11-3-1-2-4-12(11)13(15)16/h5-8,11-12H,1-4H2,(H,15,16)/t11-,12-/m1/s1. The van der Waals surface area contributed by atoms with Gasteiger partial charge in [-0.15, -0.1) is 0 Å². The van der Waals surface area contributed by atoms with Crippen molar-refractivity contribution in [1.82, 2.24) is 0 Å². The molecule has 1 aromatic rings. The summed E-state index contributed by atoms with van der Waals surface area (Å²) in [6.07, 6.45) is 3.67. The molecule has 1 saturated carbocycles. The first kappa shape index (κ1) is 11.1. The maximum absolute atomic E-state index is 12.8. The second kappa shape index (κ2) is 4.64. The molecule has 0 aromatic heterocycles. The molecule has 0 heterocycles. The molecule has 1 aliphatic rings. The molecule has 1 fully saturated rings. The first-order valence-electron chi connectivity index (χ1n) is 5.67. The summed E-state index contributed by atoms with van der Waals surface area (Å²) >= 11 is 0. The fourth-order valence-electron chi connectivity index (χ4n) is 2.54. The van der Waals surface area contributed by atoms with Crippen molar-refractivity contribution in [2.24, 2.45) is 5.92 Å². The number of aliphatic carboxylic acids is 1. The third-order valence-electron chi connectivity index (χ3n) is 3.38. The first-order valence-corrected chi connectivity index (χ1v) is 5.67. The van der Waals surface area contributed by atoms with Crippen LogP contribution in [0, 0.1) is 11.7 Å². The van der Waals surface area contributed by atoms with Crippen molar-refractivity contribution in [2.75, 3.05) is 0 Å². The minimum absolute atomic E-state index is 0.0480. The highest BCUT2D eigenvalue weighted by Gasteiger charge is 2.31. The van der Waals surface area contributed by atoms with Crippen molar-refractivity contribution in [2.45, 2.75) is 31.6 Å². The van der Waals surface area contributed by atoms with E-state index in [0.29, 0.717) is 0 Å². The molecule has 0 unspecified atom stereocenters. The van der Waals surface area contributed by atoms with E-state index in [0.717, 1.165) is 31.2 Å². The van der Waals surface area contributed by atoms with E-state index >= 15 is 0 Å². The second-order valence-corrected chi connectivity index (χ2v) is 4.39. The van der Waals surface area contributed by atoms with Crippen LogP contribution in [0.3, 0.4) is 0 Å². The molecule has 0 radical (unpaired) electrons.